The summed E-state index contributed by atoms with van der Waals surface area (Å²) in [4.78, 5) is 6.87. The number of rotatable bonds is 1. The van der Waals surface area contributed by atoms with Gasteiger partial charge >= 0.3 is 151 Å². The van der Waals surface area contributed by atoms with Gasteiger partial charge in [0.15, 0.2) is 0 Å². The molecule has 0 bridgehead atoms. The van der Waals surface area contributed by atoms with E-state index in [1.165, 1.54) is 22.4 Å². The number of fused-ring (bicyclic) bond motifs is 4. The van der Waals surface area contributed by atoms with E-state index < -0.39 is 13.8 Å². The van der Waals surface area contributed by atoms with Crippen LogP contribution in [-0.4, -0.2) is 18.8 Å². The molecule has 0 aliphatic carbocycles. The molecule has 0 saturated carbocycles. The molecule has 3 nitrogen and oxygen atoms in total. The van der Waals surface area contributed by atoms with E-state index in [-0.39, 0.29) is 0 Å². The second-order valence-electron chi connectivity index (χ2n) is 6.91. The second-order valence-corrected chi connectivity index (χ2v) is 9.89. The maximum absolute atomic E-state index is 13.2. The summed E-state index contributed by atoms with van der Waals surface area (Å²) < 4.78 is 15.0. The van der Waals surface area contributed by atoms with Crippen LogP contribution in [0, 0.1) is 0 Å². The van der Waals surface area contributed by atoms with Crippen molar-refractivity contribution in [1.29, 1.82) is 0 Å². The molecule has 1 atom stereocenters. The van der Waals surface area contributed by atoms with Gasteiger partial charge in [0.1, 0.15) is 0 Å². The Kier molecular flexibility index (Phi) is 3.21. The summed E-state index contributed by atoms with van der Waals surface area (Å²) in [6.45, 7) is 4.43. The van der Waals surface area contributed by atoms with Crippen molar-refractivity contribution in [2.24, 2.45) is 0 Å². The molecule has 4 heteroatoms. The molecule has 0 saturated heterocycles. The molecule has 1 aromatic heterocycles. The summed E-state index contributed by atoms with van der Waals surface area (Å²) in [5.41, 5.74) is 6.14. The zero-order chi connectivity index (χ0) is 17.1. The Morgan fingerprint density at radius 1 is 1.04 bits per heavy atom. The Labute approximate surface area is 151 Å². The van der Waals surface area contributed by atoms with Gasteiger partial charge in [0.05, 0.1) is 0 Å². The second kappa shape index (κ2) is 5.35. The van der Waals surface area contributed by atoms with Crippen LogP contribution in [0.3, 0.4) is 0 Å². The molecule has 5 rings (SSSR count). The molecule has 0 spiro atoms. The molecule has 0 radical (unpaired) electrons. The van der Waals surface area contributed by atoms with Gasteiger partial charge in [-0.1, -0.05) is 0 Å². The number of pyridine rings is 1. The monoisotopic (exact) mass is 394 g/mol. The van der Waals surface area contributed by atoms with Gasteiger partial charge in [-0.05, 0) is 0 Å². The number of aromatic nitrogens is 1. The molecule has 3 aromatic rings. The summed E-state index contributed by atoms with van der Waals surface area (Å²) in [7, 11) is 0. The van der Waals surface area contributed by atoms with Crippen molar-refractivity contribution < 1.29 is 3.83 Å². The third-order valence-electron chi connectivity index (χ3n) is 5.07. The average molecular weight is 393 g/mol. The Bertz CT molecular complexity index is 1040. The van der Waals surface area contributed by atoms with Gasteiger partial charge in [-0.3, -0.25) is 0 Å². The van der Waals surface area contributed by atoms with Crippen LogP contribution in [0.2, 0.25) is 0 Å². The van der Waals surface area contributed by atoms with Crippen molar-refractivity contribution in [2.75, 3.05) is 4.90 Å². The molecule has 25 heavy (non-hydrogen) atoms. The molecule has 2 aromatic carbocycles. The molecule has 3 heterocycles. The van der Waals surface area contributed by atoms with Gasteiger partial charge in [0.2, 0.25) is 0 Å². The quantitative estimate of drug-likeness (QED) is 0.409. The van der Waals surface area contributed by atoms with Crippen LogP contribution in [0.15, 0.2) is 54.7 Å². The molecular weight excluding hydrogens is 375 g/mol. The van der Waals surface area contributed by atoms with Crippen molar-refractivity contribution in [3.8, 4) is 0 Å². The first-order chi connectivity index (χ1) is 12.1. The van der Waals surface area contributed by atoms with E-state index >= 15 is 0 Å². The van der Waals surface area contributed by atoms with Crippen LogP contribution in [0.4, 0.5) is 17.2 Å². The molecule has 2 aliphatic rings. The van der Waals surface area contributed by atoms with Crippen LogP contribution in [-0.2, 0) is 10.3 Å². The summed E-state index contributed by atoms with van der Waals surface area (Å²) >= 11 is -2.28. The fourth-order valence-corrected chi connectivity index (χ4v) is 6.60. The topological polar surface area (TPSA) is 33.2 Å². The van der Waals surface area contributed by atoms with Gasteiger partial charge in [-0.15, -0.1) is 0 Å². The molecule has 2 aliphatic heterocycles. The van der Waals surface area contributed by atoms with Crippen LogP contribution >= 0.6 is 0 Å². The first kappa shape index (κ1) is 15.0. The third-order valence-corrected chi connectivity index (χ3v) is 8.10. The first-order valence-electron chi connectivity index (χ1n) is 8.57. The van der Waals surface area contributed by atoms with Gasteiger partial charge in [0.25, 0.3) is 0 Å². The molecule has 0 N–H and O–H groups in total. The minimum atomic E-state index is -2.28. The van der Waals surface area contributed by atoms with Crippen LogP contribution in [0.25, 0.3) is 0 Å². The number of para-hydroxylation sites is 1. The maximum atomic E-state index is 13.2. The zero-order valence-electron chi connectivity index (χ0n) is 14.2. The molecule has 124 valence electrons. The Morgan fingerprint density at radius 3 is 2.72 bits per heavy atom. The van der Waals surface area contributed by atoms with Crippen LogP contribution in [0.5, 0.6) is 0 Å². The number of hydrogen-bond donors (Lipinski definition) is 0. The van der Waals surface area contributed by atoms with Crippen molar-refractivity contribution in [3.63, 3.8) is 0 Å². The number of nitrogens with zero attached hydrogens (tertiary/aromatic N) is 2. The number of anilines is 3. The summed E-state index contributed by atoms with van der Waals surface area (Å²) in [5, 5.41) is 0. The first-order valence-corrected chi connectivity index (χ1v) is 11.0. The van der Waals surface area contributed by atoms with Crippen molar-refractivity contribution >= 4 is 39.9 Å². The molecule has 0 amide bonds. The predicted molar refractivity (Wildman–Crippen MR) is 102 cm³/mol. The van der Waals surface area contributed by atoms with E-state index in [9.17, 15) is 3.83 Å². The van der Waals surface area contributed by atoms with Crippen LogP contribution < -0.4 is 13.8 Å². The average Bonchev–Trinajstić information content (AvgIpc) is 2.64. The predicted octanol–water partition coefficient (Wildman–Crippen LogP) is 3.43. The number of hydrogen-bond acceptors (Lipinski definition) is 3. The van der Waals surface area contributed by atoms with Gasteiger partial charge in [-0.25, -0.2) is 0 Å². The third kappa shape index (κ3) is 2.08. The number of benzene rings is 2. The fourth-order valence-electron chi connectivity index (χ4n) is 3.77. The SMILES string of the molecule is CC(C)c1ccc2c(c1)N1c3ncccc3[Se](=O)c3cccc(c31)C2. The fraction of sp³-hybridized carbons (Fsp3) is 0.190. The molecule has 0 fully saturated rings. The van der Waals surface area contributed by atoms with E-state index in [1.54, 1.807) is 6.20 Å². The van der Waals surface area contributed by atoms with Crippen molar-refractivity contribution in [3.05, 3.63) is 71.4 Å². The Hall–Kier alpha value is -2.29. The Morgan fingerprint density at radius 2 is 1.88 bits per heavy atom. The van der Waals surface area contributed by atoms with E-state index in [2.05, 4.69) is 48.0 Å². The van der Waals surface area contributed by atoms with E-state index in [0.29, 0.717) is 5.92 Å². The van der Waals surface area contributed by atoms with E-state index in [0.717, 1.165) is 26.8 Å². The summed E-state index contributed by atoms with van der Waals surface area (Å²) in [5.74, 6) is 1.31. The summed E-state index contributed by atoms with van der Waals surface area (Å²) in [6.07, 6.45) is 2.68. The molecule has 1 unspecified atom stereocenters. The normalized spacial score (nSPS) is 17.1. The van der Waals surface area contributed by atoms with Gasteiger partial charge in [0, 0.05) is 0 Å². The standard InChI is InChI=1S/C21H18N2OSe/c1-13(2)14-8-9-15-11-16-5-3-6-18-20(16)23(17(15)12-14)21-19(25(18)24)7-4-10-22-21/h3-10,12-13H,11H2,1-2H3. The van der Waals surface area contributed by atoms with E-state index in [4.69, 9.17) is 0 Å². The minimum absolute atomic E-state index is 0.468. The van der Waals surface area contributed by atoms with Gasteiger partial charge in [-0.2, -0.15) is 0 Å². The molecular formula is C21H18N2OSe. The van der Waals surface area contributed by atoms with Gasteiger partial charge < -0.3 is 0 Å². The van der Waals surface area contributed by atoms with E-state index in [1.807, 2.05) is 24.3 Å². The summed E-state index contributed by atoms with van der Waals surface area (Å²) in [6, 6.07) is 16.8. The van der Waals surface area contributed by atoms with Crippen LogP contribution in [0.1, 0.15) is 36.5 Å². The van der Waals surface area contributed by atoms with Crippen molar-refractivity contribution in [2.45, 2.75) is 26.2 Å². The zero-order valence-corrected chi connectivity index (χ0v) is 15.9. The van der Waals surface area contributed by atoms with Crippen molar-refractivity contribution in [1.82, 2.24) is 4.98 Å². The Balaban J connectivity index is 1.85.